The smallest absolute Gasteiger partial charge is 0.494 e. The van der Waals surface area contributed by atoms with Crippen LogP contribution >= 0.6 is 11.6 Å². The van der Waals surface area contributed by atoms with Gasteiger partial charge in [0.15, 0.2) is 0 Å². The van der Waals surface area contributed by atoms with Crippen LogP contribution in [0.15, 0.2) is 18.2 Å². The van der Waals surface area contributed by atoms with Crippen molar-refractivity contribution >= 4 is 24.2 Å². The van der Waals surface area contributed by atoms with Crippen LogP contribution in [-0.2, 0) is 9.31 Å². The number of phenols is 1. The van der Waals surface area contributed by atoms with Crippen molar-refractivity contribution < 1.29 is 14.4 Å². The van der Waals surface area contributed by atoms with Gasteiger partial charge in [-0.05, 0) is 45.3 Å². The van der Waals surface area contributed by atoms with Gasteiger partial charge in [0.25, 0.3) is 0 Å². The van der Waals surface area contributed by atoms with Gasteiger partial charge in [-0.25, -0.2) is 0 Å². The fourth-order valence-corrected chi connectivity index (χ4v) is 1.77. The third-order valence-electron chi connectivity index (χ3n) is 3.50. The third-order valence-corrected chi connectivity index (χ3v) is 3.82. The molecule has 1 aromatic rings. The maximum Gasteiger partial charge on any atom is 0.494 e. The summed E-state index contributed by atoms with van der Waals surface area (Å²) in [6.45, 7) is 7.96. The van der Waals surface area contributed by atoms with Crippen LogP contribution in [0.5, 0.6) is 5.75 Å². The Morgan fingerprint density at radius 3 is 2.12 bits per heavy atom. The van der Waals surface area contributed by atoms with Gasteiger partial charge in [-0.3, -0.25) is 0 Å². The molecule has 0 aromatic heterocycles. The number of hydrogen-bond donors (Lipinski definition) is 1. The van der Waals surface area contributed by atoms with E-state index in [-0.39, 0.29) is 17.0 Å². The number of benzene rings is 1. The number of rotatable bonds is 1. The van der Waals surface area contributed by atoms with Crippen molar-refractivity contribution in [3.63, 3.8) is 0 Å². The van der Waals surface area contributed by atoms with E-state index < -0.39 is 7.12 Å². The van der Waals surface area contributed by atoms with Crippen LogP contribution in [0.3, 0.4) is 0 Å². The summed E-state index contributed by atoms with van der Waals surface area (Å²) in [4.78, 5) is 0. The van der Waals surface area contributed by atoms with Gasteiger partial charge in [0.1, 0.15) is 5.75 Å². The van der Waals surface area contributed by atoms with Crippen LogP contribution in [0, 0.1) is 0 Å². The Bertz CT molecular complexity index is 429. The lowest BCUT2D eigenvalue weighted by Gasteiger charge is -2.32. The lowest BCUT2D eigenvalue weighted by Crippen LogP contribution is -2.41. The Morgan fingerprint density at radius 2 is 1.65 bits per heavy atom. The summed E-state index contributed by atoms with van der Waals surface area (Å²) in [5.41, 5.74) is 0.00498. The predicted octanol–water partition coefficient (Wildman–Crippen LogP) is 2.34. The molecule has 0 unspecified atom stereocenters. The van der Waals surface area contributed by atoms with Crippen molar-refractivity contribution in [3.05, 3.63) is 23.2 Å². The lowest BCUT2D eigenvalue weighted by molar-refractivity contribution is 0.00578. The minimum atomic E-state index is -0.469. The maximum absolute atomic E-state index is 9.58. The quantitative estimate of drug-likeness (QED) is 0.782. The largest absolute Gasteiger partial charge is 0.506 e. The van der Waals surface area contributed by atoms with E-state index >= 15 is 0 Å². The molecule has 0 atom stereocenters. The first-order valence-electron chi connectivity index (χ1n) is 5.57. The first-order chi connectivity index (χ1) is 7.73. The van der Waals surface area contributed by atoms with Gasteiger partial charge >= 0.3 is 7.12 Å². The van der Waals surface area contributed by atoms with Crippen LogP contribution in [0.1, 0.15) is 27.7 Å². The monoisotopic (exact) mass is 254 g/mol. The van der Waals surface area contributed by atoms with Gasteiger partial charge in [-0.1, -0.05) is 17.7 Å². The van der Waals surface area contributed by atoms with Crippen molar-refractivity contribution in [1.82, 2.24) is 0 Å². The molecular formula is C12H16BClO3. The lowest BCUT2D eigenvalue weighted by atomic mass is 9.79. The molecule has 3 nitrogen and oxygen atoms in total. The zero-order valence-corrected chi connectivity index (χ0v) is 11.2. The molecule has 5 heteroatoms. The number of aromatic hydroxyl groups is 1. The van der Waals surface area contributed by atoms with Crippen molar-refractivity contribution in [2.24, 2.45) is 0 Å². The Kier molecular flexibility index (Phi) is 2.93. The average molecular weight is 255 g/mol. The molecule has 92 valence electrons. The van der Waals surface area contributed by atoms with Crippen LogP contribution < -0.4 is 5.46 Å². The first kappa shape index (κ1) is 12.7. The second-order valence-corrected chi connectivity index (χ2v) is 5.71. The minimum Gasteiger partial charge on any atom is -0.506 e. The van der Waals surface area contributed by atoms with E-state index in [2.05, 4.69) is 0 Å². The van der Waals surface area contributed by atoms with E-state index in [9.17, 15) is 5.11 Å². The Balaban J connectivity index is 2.29. The number of phenolic OH excluding ortho intramolecular Hbond substituents is 1. The molecule has 1 fully saturated rings. The molecule has 1 N–H and O–H groups in total. The first-order valence-corrected chi connectivity index (χ1v) is 5.95. The molecule has 1 aliphatic heterocycles. The standard InChI is InChI=1S/C12H16BClO3/c1-11(2)12(3,4)17-13(16-11)8-5-6-9(14)10(15)7-8/h5-7,15H,1-4H3. The molecule has 1 saturated heterocycles. The minimum absolute atomic E-state index is 0.0406. The Labute approximate surface area is 107 Å². The summed E-state index contributed by atoms with van der Waals surface area (Å²) >= 11 is 5.77. The van der Waals surface area contributed by atoms with E-state index in [1.807, 2.05) is 27.7 Å². The molecule has 0 aliphatic carbocycles. The normalized spacial score (nSPS) is 21.8. The second kappa shape index (κ2) is 3.90. The van der Waals surface area contributed by atoms with Gasteiger partial charge in [-0.2, -0.15) is 0 Å². The van der Waals surface area contributed by atoms with Gasteiger partial charge in [0.05, 0.1) is 16.2 Å². The van der Waals surface area contributed by atoms with E-state index in [1.54, 1.807) is 18.2 Å². The highest BCUT2D eigenvalue weighted by Gasteiger charge is 2.51. The van der Waals surface area contributed by atoms with Gasteiger partial charge < -0.3 is 14.4 Å². The summed E-state index contributed by atoms with van der Waals surface area (Å²) in [6.07, 6.45) is 0. The van der Waals surface area contributed by atoms with E-state index in [1.165, 1.54) is 0 Å². The van der Waals surface area contributed by atoms with Crippen LogP contribution in [0.2, 0.25) is 5.02 Å². The van der Waals surface area contributed by atoms with Crippen molar-refractivity contribution in [3.8, 4) is 5.75 Å². The van der Waals surface area contributed by atoms with Gasteiger partial charge in [0.2, 0.25) is 0 Å². The molecule has 0 amide bonds. The molecule has 0 spiro atoms. The Hall–Kier alpha value is -0.705. The molecule has 1 aromatic carbocycles. The summed E-state index contributed by atoms with van der Waals surface area (Å²) < 4.78 is 11.7. The zero-order chi connectivity index (χ0) is 12.8. The molecule has 1 aliphatic rings. The summed E-state index contributed by atoms with van der Waals surface area (Å²) in [5, 5.41) is 9.90. The molecule has 0 saturated carbocycles. The van der Waals surface area contributed by atoms with E-state index in [4.69, 9.17) is 20.9 Å². The van der Waals surface area contributed by atoms with E-state index in [0.29, 0.717) is 5.02 Å². The second-order valence-electron chi connectivity index (χ2n) is 5.30. The molecule has 0 bridgehead atoms. The van der Waals surface area contributed by atoms with Crippen molar-refractivity contribution in [2.75, 3.05) is 0 Å². The fourth-order valence-electron chi connectivity index (χ4n) is 1.66. The van der Waals surface area contributed by atoms with Crippen LogP contribution in [0.4, 0.5) is 0 Å². The highest BCUT2D eigenvalue weighted by atomic mass is 35.5. The molecule has 17 heavy (non-hydrogen) atoms. The average Bonchev–Trinajstić information content (AvgIpc) is 2.41. The molecule has 0 radical (unpaired) electrons. The summed E-state index contributed by atoms with van der Waals surface area (Å²) in [5.74, 6) is 0.0406. The van der Waals surface area contributed by atoms with Crippen molar-refractivity contribution in [2.45, 2.75) is 38.9 Å². The highest BCUT2D eigenvalue weighted by molar-refractivity contribution is 6.62. The molecule has 2 rings (SSSR count). The number of halogens is 1. The highest BCUT2D eigenvalue weighted by Crippen LogP contribution is 2.36. The molecule has 1 heterocycles. The third kappa shape index (κ3) is 2.17. The van der Waals surface area contributed by atoms with Crippen LogP contribution in [-0.4, -0.2) is 23.4 Å². The van der Waals surface area contributed by atoms with Gasteiger partial charge in [-0.15, -0.1) is 0 Å². The fraction of sp³-hybridized carbons (Fsp3) is 0.500. The Morgan fingerprint density at radius 1 is 1.12 bits per heavy atom. The summed E-state index contributed by atoms with van der Waals surface area (Å²) in [7, 11) is -0.469. The van der Waals surface area contributed by atoms with E-state index in [0.717, 1.165) is 5.46 Å². The number of hydrogen-bond acceptors (Lipinski definition) is 3. The van der Waals surface area contributed by atoms with Crippen molar-refractivity contribution in [1.29, 1.82) is 0 Å². The van der Waals surface area contributed by atoms with Gasteiger partial charge in [0, 0.05) is 0 Å². The molecular weight excluding hydrogens is 238 g/mol. The summed E-state index contributed by atoms with van der Waals surface area (Å²) in [6, 6.07) is 5.01. The zero-order valence-electron chi connectivity index (χ0n) is 10.5. The SMILES string of the molecule is CC1(C)OB(c2ccc(Cl)c(O)c2)OC1(C)C. The predicted molar refractivity (Wildman–Crippen MR) is 68.8 cm³/mol. The maximum atomic E-state index is 9.58. The topological polar surface area (TPSA) is 38.7 Å². The van der Waals surface area contributed by atoms with Crippen LogP contribution in [0.25, 0.3) is 0 Å².